The zero-order valence-electron chi connectivity index (χ0n) is 8.70. The summed E-state index contributed by atoms with van der Waals surface area (Å²) in [5.41, 5.74) is 3.34. The normalized spacial score (nSPS) is 10.8. The SMILES string of the molecule is C=CCn1c(CCl)nc2cc(C)ccc21. The van der Waals surface area contributed by atoms with Gasteiger partial charge in [0, 0.05) is 6.54 Å². The van der Waals surface area contributed by atoms with Crippen molar-refractivity contribution in [2.24, 2.45) is 0 Å². The number of aromatic nitrogens is 2. The number of benzene rings is 1. The number of rotatable bonds is 3. The van der Waals surface area contributed by atoms with Gasteiger partial charge in [0.25, 0.3) is 0 Å². The zero-order valence-corrected chi connectivity index (χ0v) is 9.46. The maximum Gasteiger partial charge on any atom is 0.125 e. The molecular formula is C12H13ClN2. The van der Waals surface area contributed by atoms with Crippen LogP contribution in [0.2, 0.25) is 0 Å². The summed E-state index contributed by atoms with van der Waals surface area (Å²) in [5.74, 6) is 1.33. The number of fused-ring (bicyclic) bond motifs is 1. The van der Waals surface area contributed by atoms with Crippen LogP contribution in [0.15, 0.2) is 30.9 Å². The first-order valence-corrected chi connectivity index (χ1v) is 5.42. The zero-order chi connectivity index (χ0) is 10.8. The first-order chi connectivity index (χ1) is 7.26. The quantitative estimate of drug-likeness (QED) is 0.574. The highest BCUT2D eigenvalue weighted by Gasteiger charge is 2.08. The van der Waals surface area contributed by atoms with E-state index in [9.17, 15) is 0 Å². The van der Waals surface area contributed by atoms with Gasteiger partial charge in [-0.15, -0.1) is 18.2 Å². The van der Waals surface area contributed by atoms with Gasteiger partial charge in [0.15, 0.2) is 0 Å². The topological polar surface area (TPSA) is 17.8 Å². The van der Waals surface area contributed by atoms with E-state index in [1.165, 1.54) is 5.56 Å². The molecule has 0 radical (unpaired) electrons. The van der Waals surface area contributed by atoms with Crippen LogP contribution in [-0.4, -0.2) is 9.55 Å². The third-order valence-electron chi connectivity index (χ3n) is 2.41. The van der Waals surface area contributed by atoms with Gasteiger partial charge in [-0.2, -0.15) is 0 Å². The monoisotopic (exact) mass is 220 g/mol. The van der Waals surface area contributed by atoms with Crippen molar-refractivity contribution < 1.29 is 0 Å². The Bertz CT molecular complexity index is 500. The maximum atomic E-state index is 5.86. The summed E-state index contributed by atoms with van der Waals surface area (Å²) in [4.78, 5) is 4.49. The highest BCUT2D eigenvalue weighted by molar-refractivity contribution is 6.16. The Labute approximate surface area is 94.2 Å². The van der Waals surface area contributed by atoms with E-state index in [1.807, 2.05) is 6.08 Å². The Morgan fingerprint density at radius 2 is 2.33 bits per heavy atom. The van der Waals surface area contributed by atoms with E-state index in [0.29, 0.717) is 5.88 Å². The van der Waals surface area contributed by atoms with E-state index < -0.39 is 0 Å². The molecule has 0 spiro atoms. The minimum absolute atomic E-state index is 0.432. The van der Waals surface area contributed by atoms with Gasteiger partial charge in [0.2, 0.25) is 0 Å². The largest absolute Gasteiger partial charge is 0.323 e. The van der Waals surface area contributed by atoms with Gasteiger partial charge in [0.1, 0.15) is 5.82 Å². The predicted molar refractivity (Wildman–Crippen MR) is 64.2 cm³/mol. The summed E-state index contributed by atoms with van der Waals surface area (Å²) >= 11 is 5.86. The molecule has 0 saturated heterocycles. The molecule has 0 atom stereocenters. The van der Waals surface area contributed by atoms with Crippen LogP contribution < -0.4 is 0 Å². The van der Waals surface area contributed by atoms with Gasteiger partial charge >= 0.3 is 0 Å². The molecule has 0 unspecified atom stereocenters. The van der Waals surface area contributed by atoms with Crippen LogP contribution in [0.5, 0.6) is 0 Å². The van der Waals surface area contributed by atoms with Crippen molar-refractivity contribution in [3.63, 3.8) is 0 Å². The standard InChI is InChI=1S/C12H13ClN2/c1-3-6-15-11-5-4-9(2)7-10(11)14-12(15)8-13/h3-5,7H,1,6,8H2,2H3. The molecule has 1 aromatic carbocycles. The molecule has 0 saturated carbocycles. The van der Waals surface area contributed by atoms with Crippen molar-refractivity contribution in [1.82, 2.24) is 9.55 Å². The first kappa shape index (κ1) is 10.2. The van der Waals surface area contributed by atoms with Crippen LogP contribution in [0.3, 0.4) is 0 Å². The van der Waals surface area contributed by atoms with Crippen LogP contribution in [0.1, 0.15) is 11.4 Å². The molecule has 0 aliphatic rings. The van der Waals surface area contributed by atoms with Gasteiger partial charge in [-0.05, 0) is 24.6 Å². The second kappa shape index (κ2) is 4.07. The number of halogens is 1. The minimum Gasteiger partial charge on any atom is -0.323 e. The summed E-state index contributed by atoms with van der Waals surface area (Å²) < 4.78 is 2.09. The molecule has 2 aromatic rings. The Hall–Kier alpha value is -1.28. The number of hydrogen-bond donors (Lipinski definition) is 0. The molecule has 0 amide bonds. The molecule has 1 aromatic heterocycles. The molecule has 78 valence electrons. The lowest BCUT2D eigenvalue weighted by Gasteiger charge is -2.03. The molecule has 0 bridgehead atoms. The van der Waals surface area contributed by atoms with Gasteiger partial charge in [-0.3, -0.25) is 0 Å². The lowest BCUT2D eigenvalue weighted by molar-refractivity contribution is 0.799. The average molecular weight is 221 g/mol. The fourth-order valence-corrected chi connectivity index (χ4v) is 1.93. The summed E-state index contributed by atoms with van der Waals surface area (Å²) in [6.45, 7) is 6.56. The molecule has 0 fully saturated rings. The minimum atomic E-state index is 0.432. The lowest BCUT2D eigenvalue weighted by Crippen LogP contribution is -1.99. The molecule has 1 heterocycles. The molecule has 2 rings (SSSR count). The second-order valence-corrected chi connectivity index (χ2v) is 3.82. The molecule has 0 N–H and O–H groups in total. The van der Waals surface area contributed by atoms with E-state index in [2.05, 4.69) is 41.3 Å². The first-order valence-electron chi connectivity index (χ1n) is 4.89. The van der Waals surface area contributed by atoms with Crippen LogP contribution in [0.25, 0.3) is 11.0 Å². The highest BCUT2D eigenvalue weighted by Crippen LogP contribution is 2.18. The van der Waals surface area contributed by atoms with Crippen LogP contribution >= 0.6 is 11.6 Å². The highest BCUT2D eigenvalue weighted by atomic mass is 35.5. The molecule has 0 aliphatic heterocycles. The van der Waals surface area contributed by atoms with Crippen molar-refractivity contribution in [2.45, 2.75) is 19.3 Å². The molecule has 3 heteroatoms. The summed E-state index contributed by atoms with van der Waals surface area (Å²) in [7, 11) is 0. The van der Waals surface area contributed by atoms with E-state index in [1.54, 1.807) is 0 Å². The van der Waals surface area contributed by atoms with E-state index >= 15 is 0 Å². The van der Waals surface area contributed by atoms with Gasteiger partial charge in [0.05, 0.1) is 16.9 Å². The van der Waals surface area contributed by atoms with Gasteiger partial charge in [-0.1, -0.05) is 12.1 Å². The number of alkyl halides is 1. The Kier molecular flexibility index (Phi) is 2.78. The van der Waals surface area contributed by atoms with Crippen molar-refractivity contribution in [3.8, 4) is 0 Å². The van der Waals surface area contributed by atoms with E-state index in [0.717, 1.165) is 23.4 Å². The van der Waals surface area contributed by atoms with Crippen LogP contribution in [0, 0.1) is 6.92 Å². The average Bonchev–Trinajstić information content (AvgIpc) is 2.56. The number of imidazole rings is 1. The Morgan fingerprint density at radius 3 is 3.00 bits per heavy atom. The van der Waals surface area contributed by atoms with Crippen molar-refractivity contribution >= 4 is 22.6 Å². The Morgan fingerprint density at radius 1 is 1.53 bits per heavy atom. The fourth-order valence-electron chi connectivity index (χ4n) is 1.72. The molecule has 2 nitrogen and oxygen atoms in total. The molecule has 15 heavy (non-hydrogen) atoms. The third-order valence-corrected chi connectivity index (χ3v) is 2.65. The van der Waals surface area contributed by atoms with E-state index in [4.69, 9.17) is 11.6 Å². The van der Waals surface area contributed by atoms with Crippen LogP contribution in [0.4, 0.5) is 0 Å². The second-order valence-electron chi connectivity index (χ2n) is 3.55. The molecular weight excluding hydrogens is 208 g/mol. The number of hydrogen-bond acceptors (Lipinski definition) is 1. The fraction of sp³-hybridized carbons (Fsp3) is 0.250. The number of allylic oxidation sites excluding steroid dienone is 1. The smallest absolute Gasteiger partial charge is 0.125 e. The van der Waals surface area contributed by atoms with Crippen molar-refractivity contribution in [2.75, 3.05) is 0 Å². The van der Waals surface area contributed by atoms with Crippen molar-refractivity contribution in [3.05, 3.63) is 42.2 Å². The number of aryl methyl sites for hydroxylation is 1. The van der Waals surface area contributed by atoms with E-state index in [-0.39, 0.29) is 0 Å². The van der Waals surface area contributed by atoms with Crippen LogP contribution in [-0.2, 0) is 12.4 Å². The third kappa shape index (κ3) is 1.77. The summed E-state index contributed by atoms with van der Waals surface area (Å²) in [6.07, 6.45) is 1.86. The maximum absolute atomic E-state index is 5.86. The van der Waals surface area contributed by atoms with Gasteiger partial charge in [-0.25, -0.2) is 4.98 Å². The number of nitrogens with zero attached hydrogens (tertiary/aromatic N) is 2. The lowest BCUT2D eigenvalue weighted by atomic mass is 10.2. The summed E-state index contributed by atoms with van der Waals surface area (Å²) in [6, 6.07) is 6.24. The van der Waals surface area contributed by atoms with Gasteiger partial charge < -0.3 is 4.57 Å². The predicted octanol–water partition coefficient (Wildman–Crippen LogP) is 3.27. The molecule has 0 aliphatic carbocycles. The van der Waals surface area contributed by atoms with Crippen molar-refractivity contribution in [1.29, 1.82) is 0 Å². The Balaban J connectivity index is 2.68. The summed E-state index contributed by atoms with van der Waals surface area (Å²) in [5, 5.41) is 0.